The van der Waals surface area contributed by atoms with Crippen LogP contribution in [0.15, 0.2) is 54.9 Å². The summed E-state index contributed by atoms with van der Waals surface area (Å²) in [5.41, 5.74) is 1.34. The minimum absolute atomic E-state index is 0.142. The van der Waals surface area contributed by atoms with Gasteiger partial charge in [0.25, 0.3) is 0 Å². The first-order valence-corrected chi connectivity index (χ1v) is 10.6. The van der Waals surface area contributed by atoms with E-state index in [1.807, 2.05) is 19.0 Å². The van der Waals surface area contributed by atoms with Crippen LogP contribution in [0.1, 0.15) is 11.3 Å². The normalized spacial score (nSPS) is 14.1. The molecular weight excluding hydrogens is 450 g/mol. The summed E-state index contributed by atoms with van der Waals surface area (Å²) in [6.45, 7) is 1.72. The molecule has 10 heteroatoms. The van der Waals surface area contributed by atoms with Crippen molar-refractivity contribution in [1.82, 2.24) is 24.6 Å². The number of halogens is 4. The standard InChI is InChI=1S/C24H23F4N5O/c1-31(2)11-3-4-21(34)32-12-13-33-20(15-32)22(16-7-9-29-10-8-16)23(30-33)17-5-6-18(19(25)14-17)24(26,27)28/h3-10,14H,11-13,15H2,1-2H3/b4-3+. The SMILES string of the molecule is CN(C)C/C=C/C(=O)N1CCn2nc(-c3ccc(C(F)(F)F)c(F)c3)c(-c3ccncc3)c2C1. The molecule has 0 saturated heterocycles. The molecule has 1 aliphatic heterocycles. The number of carbonyl (C=O) groups excluding carboxylic acids is 1. The minimum Gasteiger partial charge on any atom is -0.331 e. The van der Waals surface area contributed by atoms with Crippen LogP contribution in [0.4, 0.5) is 17.6 Å². The number of fused-ring (bicyclic) bond motifs is 1. The predicted octanol–water partition coefficient (Wildman–Crippen LogP) is 4.23. The fourth-order valence-corrected chi connectivity index (χ4v) is 3.89. The van der Waals surface area contributed by atoms with Gasteiger partial charge >= 0.3 is 6.18 Å². The maximum atomic E-state index is 14.4. The van der Waals surface area contributed by atoms with Crippen LogP contribution in [0.5, 0.6) is 0 Å². The average Bonchev–Trinajstić information content (AvgIpc) is 3.17. The Morgan fingerprint density at radius 1 is 1.12 bits per heavy atom. The Morgan fingerprint density at radius 3 is 2.50 bits per heavy atom. The van der Waals surface area contributed by atoms with Crippen LogP contribution in [0.25, 0.3) is 22.4 Å². The van der Waals surface area contributed by atoms with Crippen LogP contribution in [0, 0.1) is 5.82 Å². The first kappa shape index (κ1) is 23.6. The van der Waals surface area contributed by atoms with E-state index in [1.165, 1.54) is 12.1 Å². The summed E-state index contributed by atoms with van der Waals surface area (Å²) < 4.78 is 55.2. The molecule has 2 aromatic heterocycles. The van der Waals surface area contributed by atoms with E-state index in [2.05, 4.69) is 10.1 Å². The molecule has 0 N–H and O–H groups in total. The van der Waals surface area contributed by atoms with Gasteiger partial charge < -0.3 is 9.80 Å². The van der Waals surface area contributed by atoms with E-state index in [1.54, 1.807) is 40.2 Å². The van der Waals surface area contributed by atoms with Gasteiger partial charge in [-0.15, -0.1) is 0 Å². The molecule has 0 bridgehead atoms. The van der Waals surface area contributed by atoms with E-state index in [9.17, 15) is 22.4 Å². The van der Waals surface area contributed by atoms with Gasteiger partial charge in [-0.05, 0) is 43.9 Å². The molecule has 0 fully saturated rings. The largest absolute Gasteiger partial charge is 0.419 e. The molecule has 0 aliphatic carbocycles. The fraction of sp³-hybridized carbons (Fsp3) is 0.292. The number of pyridine rings is 1. The lowest BCUT2D eigenvalue weighted by Crippen LogP contribution is -2.37. The predicted molar refractivity (Wildman–Crippen MR) is 119 cm³/mol. The third-order valence-corrected chi connectivity index (χ3v) is 5.54. The quantitative estimate of drug-likeness (QED) is 0.411. The molecule has 1 aliphatic rings. The Bertz CT molecular complexity index is 1220. The number of likely N-dealkylation sites (N-methyl/N-ethyl adjacent to an activating group) is 1. The van der Waals surface area contributed by atoms with E-state index in [0.29, 0.717) is 30.9 Å². The molecule has 1 aromatic carbocycles. The zero-order chi connectivity index (χ0) is 24.5. The van der Waals surface area contributed by atoms with Crippen molar-refractivity contribution < 1.29 is 22.4 Å². The van der Waals surface area contributed by atoms with Crippen LogP contribution >= 0.6 is 0 Å². The molecule has 0 atom stereocenters. The molecule has 0 unspecified atom stereocenters. The molecule has 6 nitrogen and oxygen atoms in total. The Morgan fingerprint density at radius 2 is 1.85 bits per heavy atom. The summed E-state index contributed by atoms with van der Waals surface area (Å²) in [7, 11) is 3.81. The van der Waals surface area contributed by atoms with Gasteiger partial charge in [-0.3, -0.25) is 14.5 Å². The number of rotatable bonds is 5. The number of carbonyl (C=O) groups is 1. The summed E-state index contributed by atoms with van der Waals surface area (Å²) in [6.07, 6.45) is 1.71. The van der Waals surface area contributed by atoms with Gasteiger partial charge in [0.1, 0.15) is 11.5 Å². The highest BCUT2D eigenvalue weighted by atomic mass is 19.4. The van der Waals surface area contributed by atoms with Crippen LogP contribution in [-0.2, 0) is 24.1 Å². The first-order chi connectivity index (χ1) is 16.1. The van der Waals surface area contributed by atoms with Crippen molar-refractivity contribution in [2.24, 2.45) is 0 Å². The Balaban J connectivity index is 1.75. The summed E-state index contributed by atoms with van der Waals surface area (Å²) in [6, 6.07) is 6.30. The molecule has 34 heavy (non-hydrogen) atoms. The second-order valence-corrected chi connectivity index (χ2v) is 8.25. The van der Waals surface area contributed by atoms with Crippen LogP contribution in [0.2, 0.25) is 0 Å². The number of hydrogen-bond donors (Lipinski definition) is 0. The maximum Gasteiger partial charge on any atom is 0.419 e. The second-order valence-electron chi connectivity index (χ2n) is 8.25. The molecule has 0 spiro atoms. The smallest absolute Gasteiger partial charge is 0.331 e. The average molecular weight is 473 g/mol. The lowest BCUT2D eigenvalue weighted by Gasteiger charge is -2.27. The van der Waals surface area contributed by atoms with Crippen molar-refractivity contribution in [3.63, 3.8) is 0 Å². The summed E-state index contributed by atoms with van der Waals surface area (Å²) in [5.74, 6) is -1.50. The van der Waals surface area contributed by atoms with Crippen LogP contribution < -0.4 is 0 Å². The molecule has 1 amide bonds. The first-order valence-electron chi connectivity index (χ1n) is 10.6. The van der Waals surface area contributed by atoms with Gasteiger partial charge in [-0.1, -0.05) is 12.1 Å². The molecule has 0 saturated carbocycles. The Hall–Kier alpha value is -3.53. The second kappa shape index (κ2) is 9.38. The van der Waals surface area contributed by atoms with Gasteiger partial charge in [-0.2, -0.15) is 18.3 Å². The Kier molecular flexibility index (Phi) is 6.52. The fourth-order valence-electron chi connectivity index (χ4n) is 3.89. The highest BCUT2D eigenvalue weighted by Crippen LogP contribution is 2.38. The number of alkyl halides is 3. The van der Waals surface area contributed by atoms with Crippen LogP contribution in [-0.4, -0.2) is 57.7 Å². The van der Waals surface area contributed by atoms with E-state index < -0.39 is 17.6 Å². The zero-order valence-electron chi connectivity index (χ0n) is 18.7. The number of amides is 1. The number of benzene rings is 1. The third-order valence-electron chi connectivity index (χ3n) is 5.54. The number of nitrogens with zero attached hydrogens (tertiary/aromatic N) is 5. The van der Waals surface area contributed by atoms with Gasteiger partial charge in [0.15, 0.2) is 0 Å². The molecule has 3 heterocycles. The number of hydrogen-bond acceptors (Lipinski definition) is 4. The topological polar surface area (TPSA) is 54.3 Å². The lowest BCUT2D eigenvalue weighted by atomic mass is 9.98. The van der Waals surface area contributed by atoms with Gasteiger partial charge in [-0.25, -0.2) is 4.39 Å². The molecule has 4 rings (SSSR count). The zero-order valence-corrected chi connectivity index (χ0v) is 18.7. The Labute approximate surface area is 194 Å². The summed E-state index contributed by atoms with van der Waals surface area (Å²) in [5, 5.41) is 4.60. The van der Waals surface area contributed by atoms with E-state index >= 15 is 0 Å². The summed E-state index contributed by atoms with van der Waals surface area (Å²) >= 11 is 0. The molecule has 0 radical (unpaired) electrons. The maximum absolute atomic E-state index is 14.4. The van der Waals surface area contributed by atoms with Crippen molar-refractivity contribution in [3.8, 4) is 22.4 Å². The van der Waals surface area contributed by atoms with Crippen molar-refractivity contribution in [2.75, 3.05) is 27.2 Å². The van der Waals surface area contributed by atoms with Crippen molar-refractivity contribution in [2.45, 2.75) is 19.3 Å². The van der Waals surface area contributed by atoms with Crippen molar-refractivity contribution in [3.05, 3.63) is 72.0 Å². The van der Waals surface area contributed by atoms with Gasteiger partial charge in [0.2, 0.25) is 5.91 Å². The van der Waals surface area contributed by atoms with E-state index in [-0.39, 0.29) is 18.0 Å². The molecule has 178 valence electrons. The molecule has 3 aromatic rings. The third kappa shape index (κ3) is 4.86. The monoisotopic (exact) mass is 473 g/mol. The highest BCUT2D eigenvalue weighted by molar-refractivity contribution is 5.88. The van der Waals surface area contributed by atoms with Gasteiger partial charge in [0, 0.05) is 42.7 Å². The minimum atomic E-state index is -4.79. The van der Waals surface area contributed by atoms with E-state index in [4.69, 9.17) is 0 Å². The highest BCUT2D eigenvalue weighted by Gasteiger charge is 2.34. The van der Waals surface area contributed by atoms with Crippen molar-refractivity contribution in [1.29, 1.82) is 0 Å². The van der Waals surface area contributed by atoms with E-state index in [0.717, 1.165) is 23.4 Å². The van der Waals surface area contributed by atoms with Crippen molar-refractivity contribution >= 4 is 5.91 Å². The molecular formula is C24H23F4N5O. The number of aromatic nitrogens is 3. The summed E-state index contributed by atoms with van der Waals surface area (Å²) in [4.78, 5) is 20.4. The lowest BCUT2D eigenvalue weighted by molar-refractivity contribution is -0.140. The van der Waals surface area contributed by atoms with Crippen LogP contribution in [0.3, 0.4) is 0 Å². The van der Waals surface area contributed by atoms with Gasteiger partial charge in [0.05, 0.1) is 24.3 Å².